The van der Waals surface area contributed by atoms with Crippen LogP contribution in [0.15, 0.2) is 24.3 Å². The van der Waals surface area contributed by atoms with Crippen molar-refractivity contribution in [2.45, 2.75) is 6.18 Å². The number of hydrogen-bond donors (Lipinski definition) is 2. The topological polar surface area (TPSA) is 59.6 Å². The second kappa shape index (κ2) is 8.48. The number of carbonyl (C=O) groups excluding carboxylic acids is 1. The van der Waals surface area contributed by atoms with Crippen molar-refractivity contribution in [2.75, 3.05) is 38.7 Å². The summed E-state index contributed by atoms with van der Waals surface area (Å²) in [6.45, 7) is -0.176. The Morgan fingerprint density at radius 2 is 1.90 bits per heavy atom. The fourth-order valence-electron chi connectivity index (χ4n) is 1.38. The first-order chi connectivity index (χ1) is 9.90. The van der Waals surface area contributed by atoms with Crippen LogP contribution in [0.2, 0.25) is 0 Å². The number of halogens is 3. The second-order valence-electron chi connectivity index (χ2n) is 4.15. The molecule has 0 atom stereocenters. The summed E-state index contributed by atoms with van der Waals surface area (Å²) in [6.07, 6.45) is -4.37. The van der Waals surface area contributed by atoms with Gasteiger partial charge in [0, 0.05) is 19.3 Å². The molecule has 0 aromatic heterocycles. The molecule has 0 fully saturated rings. The van der Waals surface area contributed by atoms with Crippen LogP contribution in [0.4, 0.5) is 18.9 Å². The Morgan fingerprint density at radius 1 is 1.24 bits per heavy atom. The molecular formula is C13H17F3N2O3. The standard InChI is InChI=1S/C13H17F3N2O3/c1-20-7-6-17-8-12(19)18-10-2-4-11(5-3-10)21-9-13(14,15)16/h2-5,17H,6-9H2,1H3,(H,18,19). The van der Waals surface area contributed by atoms with Gasteiger partial charge in [0.15, 0.2) is 6.61 Å². The molecule has 0 heterocycles. The molecule has 1 aromatic carbocycles. The molecule has 8 heteroatoms. The van der Waals surface area contributed by atoms with Gasteiger partial charge in [0.2, 0.25) is 5.91 Å². The van der Waals surface area contributed by atoms with E-state index in [-0.39, 0.29) is 18.2 Å². The first kappa shape index (κ1) is 17.3. The van der Waals surface area contributed by atoms with Gasteiger partial charge in [0.1, 0.15) is 5.75 Å². The van der Waals surface area contributed by atoms with E-state index in [1.807, 2.05) is 0 Å². The molecule has 0 aliphatic heterocycles. The molecule has 0 spiro atoms. The highest BCUT2D eigenvalue weighted by Crippen LogP contribution is 2.20. The van der Waals surface area contributed by atoms with Crippen molar-refractivity contribution in [2.24, 2.45) is 0 Å². The molecule has 2 N–H and O–H groups in total. The van der Waals surface area contributed by atoms with Gasteiger partial charge in [-0.1, -0.05) is 0 Å². The number of ether oxygens (including phenoxy) is 2. The maximum absolute atomic E-state index is 12.0. The van der Waals surface area contributed by atoms with Crippen LogP contribution >= 0.6 is 0 Å². The minimum atomic E-state index is -4.37. The van der Waals surface area contributed by atoms with Gasteiger partial charge in [-0.2, -0.15) is 13.2 Å². The first-order valence-electron chi connectivity index (χ1n) is 6.20. The van der Waals surface area contributed by atoms with Gasteiger partial charge in [0.25, 0.3) is 0 Å². The molecule has 21 heavy (non-hydrogen) atoms. The Kier molecular flexibility index (Phi) is 6.97. The van der Waals surface area contributed by atoms with Gasteiger partial charge in [-0.05, 0) is 24.3 Å². The smallest absolute Gasteiger partial charge is 0.422 e. The minimum absolute atomic E-state index is 0.0866. The molecule has 0 radical (unpaired) electrons. The predicted molar refractivity (Wildman–Crippen MR) is 71.4 cm³/mol. The van der Waals surface area contributed by atoms with E-state index in [1.165, 1.54) is 24.3 Å². The maximum Gasteiger partial charge on any atom is 0.422 e. The molecule has 0 aliphatic rings. The normalized spacial score (nSPS) is 11.2. The molecular weight excluding hydrogens is 289 g/mol. The minimum Gasteiger partial charge on any atom is -0.484 e. The van der Waals surface area contributed by atoms with E-state index in [1.54, 1.807) is 7.11 Å². The van der Waals surface area contributed by atoms with Crippen LogP contribution in [0.5, 0.6) is 5.75 Å². The van der Waals surface area contributed by atoms with E-state index < -0.39 is 12.8 Å². The van der Waals surface area contributed by atoms with Crippen molar-refractivity contribution >= 4 is 11.6 Å². The van der Waals surface area contributed by atoms with Crippen LogP contribution < -0.4 is 15.4 Å². The second-order valence-corrected chi connectivity index (χ2v) is 4.15. The monoisotopic (exact) mass is 306 g/mol. The zero-order valence-corrected chi connectivity index (χ0v) is 11.5. The molecule has 0 aliphatic carbocycles. The molecule has 0 saturated carbocycles. The summed E-state index contributed by atoms with van der Waals surface area (Å²) in [5, 5.41) is 5.47. The third-order valence-corrected chi connectivity index (χ3v) is 2.31. The van der Waals surface area contributed by atoms with E-state index >= 15 is 0 Å². The van der Waals surface area contributed by atoms with Crippen LogP contribution in [0.3, 0.4) is 0 Å². The van der Waals surface area contributed by atoms with Crippen molar-refractivity contribution in [1.82, 2.24) is 5.32 Å². The van der Waals surface area contributed by atoms with Crippen LogP contribution in [0.1, 0.15) is 0 Å². The van der Waals surface area contributed by atoms with Gasteiger partial charge in [-0.25, -0.2) is 0 Å². The van der Waals surface area contributed by atoms with Crippen molar-refractivity contribution in [3.63, 3.8) is 0 Å². The fraction of sp³-hybridized carbons (Fsp3) is 0.462. The number of benzene rings is 1. The lowest BCUT2D eigenvalue weighted by atomic mass is 10.3. The Hall–Kier alpha value is -1.80. The van der Waals surface area contributed by atoms with Crippen molar-refractivity contribution < 1.29 is 27.4 Å². The zero-order chi connectivity index (χ0) is 15.7. The Bertz CT molecular complexity index is 435. The Morgan fingerprint density at radius 3 is 2.48 bits per heavy atom. The van der Waals surface area contributed by atoms with Crippen LogP contribution in [-0.4, -0.2) is 45.5 Å². The largest absolute Gasteiger partial charge is 0.484 e. The molecule has 5 nitrogen and oxygen atoms in total. The van der Waals surface area contributed by atoms with Gasteiger partial charge in [-0.15, -0.1) is 0 Å². The molecule has 118 valence electrons. The molecule has 1 rings (SSSR count). The number of anilines is 1. The number of alkyl halides is 3. The van der Waals surface area contributed by atoms with E-state index in [2.05, 4.69) is 15.4 Å². The van der Waals surface area contributed by atoms with Crippen molar-refractivity contribution in [3.8, 4) is 5.75 Å². The van der Waals surface area contributed by atoms with E-state index in [0.29, 0.717) is 18.8 Å². The molecule has 1 aromatic rings. The Balaban J connectivity index is 2.35. The SMILES string of the molecule is COCCNCC(=O)Nc1ccc(OCC(F)(F)F)cc1. The first-order valence-corrected chi connectivity index (χ1v) is 6.20. The molecule has 0 bridgehead atoms. The van der Waals surface area contributed by atoms with Gasteiger partial charge in [0.05, 0.1) is 13.2 Å². The summed E-state index contributed by atoms with van der Waals surface area (Å²) in [5.41, 5.74) is 0.480. The average molecular weight is 306 g/mol. The van der Waals surface area contributed by atoms with E-state index in [9.17, 15) is 18.0 Å². The van der Waals surface area contributed by atoms with Crippen LogP contribution in [0.25, 0.3) is 0 Å². The van der Waals surface area contributed by atoms with Gasteiger partial charge in [-0.3, -0.25) is 4.79 Å². The van der Waals surface area contributed by atoms with Gasteiger partial charge >= 0.3 is 6.18 Å². The van der Waals surface area contributed by atoms with Crippen molar-refractivity contribution in [1.29, 1.82) is 0 Å². The molecule has 1 amide bonds. The van der Waals surface area contributed by atoms with Crippen molar-refractivity contribution in [3.05, 3.63) is 24.3 Å². The predicted octanol–water partition coefficient (Wildman–Crippen LogP) is 1.80. The summed E-state index contributed by atoms with van der Waals surface area (Å²) in [4.78, 5) is 11.5. The number of methoxy groups -OCH3 is 1. The summed E-state index contributed by atoms with van der Waals surface area (Å²) in [5.74, 6) is -0.168. The van der Waals surface area contributed by atoms with E-state index in [0.717, 1.165) is 0 Å². The van der Waals surface area contributed by atoms with Crippen LogP contribution in [0, 0.1) is 0 Å². The third-order valence-electron chi connectivity index (χ3n) is 2.31. The lowest BCUT2D eigenvalue weighted by Crippen LogP contribution is -2.30. The zero-order valence-electron chi connectivity index (χ0n) is 11.5. The number of hydrogen-bond acceptors (Lipinski definition) is 4. The summed E-state index contributed by atoms with van der Waals surface area (Å²) in [7, 11) is 1.56. The lowest BCUT2D eigenvalue weighted by molar-refractivity contribution is -0.153. The Labute approximate surface area is 120 Å². The summed E-state index contributed by atoms with van der Waals surface area (Å²) in [6, 6.07) is 5.66. The molecule has 0 saturated heterocycles. The van der Waals surface area contributed by atoms with Crippen LogP contribution in [-0.2, 0) is 9.53 Å². The summed E-state index contributed by atoms with van der Waals surface area (Å²) >= 11 is 0. The van der Waals surface area contributed by atoms with Gasteiger partial charge < -0.3 is 20.1 Å². The number of nitrogens with one attached hydrogen (secondary N) is 2. The number of rotatable bonds is 8. The number of amides is 1. The number of carbonyl (C=O) groups is 1. The fourth-order valence-corrected chi connectivity index (χ4v) is 1.38. The molecule has 0 unspecified atom stereocenters. The quantitative estimate of drug-likeness (QED) is 0.719. The highest BCUT2D eigenvalue weighted by Gasteiger charge is 2.28. The summed E-state index contributed by atoms with van der Waals surface area (Å²) < 4.78 is 45.3. The highest BCUT2D eigenvalue weighted by molar-refractivity contribution is 5.92. The maximum atomic E-state index is 12.0. The lowest BCUT2D eigenvalue weighted by Gasteiger charge is -2.10. The average Bonchev–Trinajstić information content (AvgIpc) is 2.42. The third kappa shape index (κ3) is 8.16. The van der Waals surface area contributed by atoms with E-state index in [4.69, 9.17) is 4.74 Å². The highest BCUT2D eigenvalue weighted by atomic mass is 19.4.